The molecular weight excluding hydrogens is 372 g/mol. The van der Waals surface area contributed by atoms with E-state index >= 15 is 0 Å². The van der Waals surface area contributed by atoms with Gasteiger partial charge >= 0.3 is 5.97 Å². The van der Waals surface area contributed by atoms with Crippen molar-refractivity contribution in [3.8, 4) is 0 Å². The fourth-order valence-corrected chi connectivity index (χ4v) is 6.07. The van der Waals surface area contributed by atoms with Gasteiger partial charge in [-0.15, -0.1) is 0 Å². The Kier molecular flexibility index (Phi) is 7.16. The maximum atomic E-state index is 12.3. The lowest BCUT2D eigenvalue weighted by Gasteiger charge is -2.46. The van der Waals surface area contributed by atoms with Gasteiger partial charge in [-0.3, -0.25) is 4.90 Å². The molecule has 1 aromatic carbocycles. The average Bonchev–Trinajstić information content (AvgIpc) is 2.69. The lowest BCUT2D eigenvalue weighted by Crippen LogP contribution is -2.47. The fraction of sp³-hybridized carbons (Fsp3) is 0.731. The van der Waals surface area contributed by atoms with E-state index < -0.39 is 0 Å². The summed E-state index contributed by atoms with van der Waals surface area (Å²) < 4.78 is 5.04. The van der Waals surface area contributed by atoms with Crippen LogP contribution in [0.15, 0.2) is 18.2 Å². The quantitative estimate of drug-likeness (QED) is 0.558. The van der Waals surface area contributed by atoms with Crippen LogP contribution in [-0.2, 0) is 4.74 Å². The van der Waals surface area contributed by atoms with Crippen LogP contribution in [0.5, 0.6) is 0 Å². The first-order chi connectivity index (χ1) is 14.1. The van der Waals surface area contributed by atoms with Crippen LogP contribution in [0, 0.1) is 10.8 Å². The zero-order valence-corrected chi connectivity index (χ0v) is 20.1. The number of anilines is 1. The molecule has 0 atom stereocenters. The standard InChI is InChI=1S/C26H42N2O2/c1-7-8-11-27-12-14-28(15-13-27)23-10-9-20(24(29)30-6)16-22(23)21-17-25(2,3)19-26(4,5)18-21/h9-10,16,21H,7-8,11-15,17-19H2,1-6H3. The molecule has 0 unspecified atom stereocenters. The van der Waals surface area contributed by atoms with Crippen molar-refractivity contribution < 1.29 is 9.53 Å². The monoisotopic (exact) mass is 414 g/mol. The molecule has 2 aliphatic rings. The summed E-state index contributed by atoms with van der Waals surface area (Å²) in [5.74, 6) is 0.239. The number of hydrogen-bond donors (Lipinski definition) is 0. The molecule has 0 amide bonds. The number of carbonyl (C=O) groups excluding carboxylic acids is 1. The van der Waals surface area contributed by atoms with Gasteiger partial charge in [-0.05, 0) is 72.7 Å². The highest BCUT2D eigenvalue weighted by Gasteiger charge is 2.40. The number of carbonyl (C=O) groups is 1. The topological polar surface area (TPSA) is 32.8 Å². The Morgan fingerprint density at radius 2 is 1.70 bits per heavy atom. The van der Waals surface area contributed by atoms with Gasteiger partial charge in [0.1, 0.15) is 0 Å². The fourth-order valence-electron chi connectivity index (χ4n) is 6.07. The Morgan fingerprint density at radius 3 is 2.27 bits per heavy atom. The normalized spacial score (nSPS) is 22.1. The number of nitrogens with zero attached hydrogens (tertiary/aromatic N) is 2. The first kappa shape index (κ1) is 23.1. The van der Waals surface area contributed by atoms with Crippen LogP contribution >= 0.6 is 0 Å². The molecule has 0 radical (unpaired) electrons. The molecule has 1 saturated carbocycles. The van der Waals surface area contributed by atoms with E-state index in [4.69, 9.17) is 4.74 Å². The van der Waals surface area contributed by atoms with E-state index in [1.54, 1.807) is 0 Å². The molecule has 4 heteroatoms. The van der Waals surface area contributed by atoms with Crippen LogP contribution in [-0.4, -0.2) is 50.7 Å². The van der Waals surface area contributed by atoms with E-state index in [0.717, 1.165) is 26.2 Å². The third-order valence-corrected chi connectivity index (χ3v) is 6.98. The van der Waals surface area contributed by atoms with E-state index in [1.807, 2.05) is 6.07 Å². The molecule has 0 aromatic heterocycles. The Bertz CT molecular complexity index is 717. The van der Waals surface area contributed by atoms with Crippen molar-refractivity contribution >= 4 is 11.7 Å². The summed E-state index contributed by atoms with van der Waals surface area (Å²) in [7, 11) is 1.47. The van der Waals surface area contributed by atoms with Crippen molar-refractivity contribution in [3.05, 3.63) is 29.3 Å². The summed E-state index contributed by atoms with van der Waals surface area (Å²) in [6, 6.07) is 6.26. The molecule has 1 aliphatic carbocycles. The van der Waals surface area contributed by atoms with Crippen molar-refractivity contribution in [1.29, 1.82) is 0 Å². The highest BCUT2D eigenvalue weighted by Crippen LogP contribution is 2.53. The summed E-state index contributed by atoms with van der Waals surface area (Å²) in [6.07, 6.45) is 6.13. The van der Waals surface area contributed by atoms with Crippen molar-refractivity contribution in [2.45, 2.75) is 72.6 Å². The van der Waals surface area contributed by atoms with Gasteiger partial charge in [-0.25, -0.2) is 4.79 Å². The Hall–Kier alpha value is -1.55. The minimum Gasteiger partial charge on any atom is -0.465 e. The predicted molar refractivity (Wildman–Crippen MR) is 125 cm³/mol. The van der Waals surface area contributed by atoms with Crippen molar-refractivity contribution in [1.82, 2.24) is 4.90 Å². The molecule has 0 bridgehead atoms. The number of piperazine rings is 1. The second-order valence-corrected chi connectivity index (χ2v) is 11.1. The number of hydrogen-bond acceptors (Lipinski definition) is 4. The lowest BCUT2D eigenvalue weighted by molar-refractivity contribution is 0.0600. The van der Waals surface area contributed by atoms with E-state index in [-0.39, 0.29) is 5.97 Å². The predicted octanol–water partition coefficient (Wildman–Crippen LogP) is 5.72. The van der Waals surface area contributed by atoms with Crippen LogP contribution in [0.2, 0.25) is 0 Å². The number of ether oxygens (including phenoxy) is 1. The van der Waals surface area contributed by atoms with Gasteiger partial charge in [-0.1, -0.05) is 41.0 Å². The molecule has 4 nitrogen and oxygen atoms in total. The second-order valence-electron chi connectivity index (χ2n) is 11.1. The van der Waals surface area contributed by atoms with Crippen LogP contribution in [0.4, 0.5) is 5.69 Å². The van der Waals surface area contributed by atoms with Gasteiger partial charge in [0.2, 0.25) is 0 Å². The van der Waals surface area contributed by atoms with Gasteiger partial charge in [0.15, 0.2) is 0 Å². The Balaban J connectivity index is 1.89. The maximum Gasteiger partial charge on any atom is 0.337 e. The van der Waals surface area contributed by atoms with Crippen LogP contribution in [0.1, 0.15) is 88.6 Å². The van der Waals surface area contributed by atoms with Crippen LogP contribution in [0.25, 0.3) is 0 Å². The molecule has 3 rings (SSSR count). The smallest absolute Gasteiger partial charge is 0.337 e. The van der Waals surface area contributed by atoms with Crippen LogP contribution in [0.3, 0.4) is 0 Å². The molecule has 1 aliphatic heterocycles. The second kappa shape index (κ2) is 9.30. The average molecular weight is 415 g/mol. The summed E-state index contributed by atoms with van der Waals surface area (Å²) in [5.41, 5.74) is 3.98. The lowest BCUT2D eigenvalue weighted by atomic mass is 9.60. The molecular formula is C26H42N2O2. The Labute approximate surface area is 184 Å². The maximum absolute atomic E-state index is 12.3. The first-order valence-corrected chi connectivity index (χ1v) is 11.8. The highest BCUT2D eigenvalue weighted by atomic mass is 16.5. The molecule has 1 saturated heterocycles. The number of unbranched alkanes of at least 4 members (excludes halogenated alkanes) is 1. The van der Waals surface area contributed by atoms with E-state index in [0.29, 0.717) is 22.3 Å². The molecule has 2 fully saturated rings. The molecule has 1 aromatic rings. The zero-order valence-electron chi connectivity index (χ0n) is 20.1. The zero-order chi connectivity index (χ0) is 21.9. The van der Waals surface area contributed by atoms with Gasteiger partial charge in [-0.2, -0.15) is 0 Å². The molecule has 168 valence electrons. The van der Waals surface area contributed by atoms with Gasteiger partial charge in [0.05, 0.1) is 12.7 Å². The van der Waals surface area contributed by atoms with Crippen LogP contribution < -0.4 is 4.90 Å². The third-order valence-electron chi connectivity index (χ3n) is 6.98. The van der Waals surface area contributed by atoms with Crippen molar-refractivity contribution in [2.75, 3.05) is 44.7 Å². The van der Waals surface area contributed by atoms with E-state index in [2.05, 4.69) is 56.6 Å². The minimum absolute atomic E-state index is 0.235. The van der Waals surface area contributed by atoms with Crippen molar-refractivity contribution in [3.63, 3.8) is 0 Å². The molecule has 1 heterocycles. The number of benzene rings is 1. The SMILES string of the molecule is CCCCN1CCN(c2ccc(C(=O)OC)cc2C2CC(C)(C)CC(C)(C)C2)CC1. The summed E-state index contributed by atoms with van der Waals surface area (Å²) in [5, 5.41) is 0. The van der Waals surface area contributed by atoms with E-state index in [9.17, 15) is 4.79 Å². The molecule has 0 spiro atoms. The summed E-state index contributed by atoms with van der Waals surface area (Å²) in [6.45, 7) is 17.5. The minimum atomic E-state index is -0.235. The number of rotatable bonds is 6. The van der Waals surface area contributed by atoms with Gasteiger partial charge in [0, 0.05) is 31.9 Å². The van der Waals surface area contributed by atoms with Crippen molar-refractivity contribution in [2.24, 2.45) is 10.8 Å². The third kappa shape index (κ3) is 5.57. The molecule has 30 heavy (non-hydrogen) atoms. The Morgan fingerprint density at radius 1 is 1.07 bits per heavy atom. The largest absolute Gasteiger partial charge is 0.465 e. The van der Waals surface area contributed by atoms with Gasteiger partial charge < -0.3 is 9.64 Å². The molecule has 0 N–H and O–H groups in total. The number of esters is 1. The summed E-state index contributed by atoms with van der Waals surface area (Å²) in [4.78, 5) is 17.4. The van der Waals surface area contributed by atoms with Gasteiger partial charge in [0.25, 0.3) is 0 Å². The summed E-state index contributed by atoms with van der Waals surface area (Å²) >= 11 is 0. The van der Waals surface area contributed by atoms with E-state index in [1.165, 1.54) is 57.0 Å². The number of methoxy groups -OCH3 is 1. The highest BCUT2D eigenvalue weighted by molar-refractivity contribution is 5.90. The first-order valence-electron chi connectivity index (χ1n) is 11.8.